The van der Waals surface area contributed by atoms with Crippen LogP contribution in [0.4, 0.5) is 0 Å². The highest BCUT2D eigenvalue weighted by Gasteiger charge is 2.09. The lowest BCUT2D eigenvalue weighted by atomic mass is 10.1. The Kier molecular flexibility index (Phi) is 10.8. The molecule has 6 heteroatoms. The van der Waals surface area contributed by atoms with Crippen molar-refractivity contribution in [3.63, 3.8) is 0 Å². The van der Waals surface area contributed by atoms with E-state index in [1.54, 1.807) is 7.11 Å². The normalized spacial score (nSPS) is 12.1. The van der Waals surface area contributed by atoms with Gasteiger partial charge in [-0.05, 0) is 30.2 Å². The second kappa shape index (κ2) is 12.6. The maximum atomic E-state index is 10.3. The van der Waals surface area contributed by atoms with Crippen LogP contribution in [0, 0.1) is 0 Å². The zero-order chi connectivity index (χ0) is 18.8. The van der Waals surface area contributed by atoms with E-state index in [1.165, 1.54) is 5.56 Å². The first-order valence-corrected chi connectivity index (χ1v) is 8.96. The fourth-order valence-electron chi connectivity index (χ4n) is 2.69. The highest BCUT2D eigenvalue weighted by molar-refractivity contribution is 14.0. The van der Waals surface area contributed by atoms with Crippen molar-refractivity contribution in [3.8, 4) is 5.75 Å². The van der Waals surface area contributed by atoms with Crippen LogP contribution in [-0.4, -0.2) is 49.3 Å². The van der Waals surface area contributed by atoms with Crippen molar-refractivity contribution >= 4 is 29.9 Å². The predicted octanol–water partition coefficient (Wildman–Crippen LogP) is 3.31. The summed E-state index contributed by atoms with van der Waals surface area (Å²) in [6.07, 6.45) is 0.104. The Balaban J connectivity index is 0.00000364. The van der Waals surface area contributed by atoms with Crippen molar-refractivity contribution in [1.29, 1.82) is 0 Å². The van der Waals surface area contributed by atoms with Gasteiger partial charge in [0.2, 0.25) is 0 Å². The maximum absolute atomic E-state index is 10.3. The van der Waals surface area contributed by atoms with Crippen molar-refractivity contribution in [2.24, 2.45) is 4.99 Å². The van der Waals surface area contributed by atoms with Crippen LogP contribution < -0.4 is 10.1 Å². The molecule has 2 aromatic carbocycles. The molecule has 0 saturated carbocycles. The van der Waals surface area contributed by atoms with Gasteiger partial charge in [0.05, 0.1) is 19.8 Å². The molecule has 148 valence electrons. The van der Waals surface area contributed by atoms with E-state index in [2.05, 4.69) is 15.2 Å². The smallest absolute Gasteiger partial charge is 0.194 e. The average molecular weight is 483 g/mol. The van der Waals surface area contributed by atoms with Crippen LogP contribution >= 0.6 is 24.0 Å². The average Bonchev–Trinajstić information content (AvgIpc) is 2.66. The standard InChI is InChI=1S/C21H29N3O2.HI/c1-4-22-21(23-15-19(25)14-17-8-6-5-7-9-17)24(2)16-18-10-12-20(26-3)13-11-18;/h5-13,19,25H,4,14-16H2,1-3H3,(H,22,23);1H. The number of nitrogens with zero attached hydrogens (tertiary/aromatic N) is 2. The van der Waals surface area contributed by atoms with Crippen LogP contribution in [0.1, 0.15) is 18.1 Å². The number of aliphatic hydroxyl groups is 1. The molecule has 1 unspecified atom stereocenters. The van der Waals surface area contributed by atoms with Gasteiger partial charge in [-0.15, -0.1) is 24.0 Å². The lowest BCUT2D eigenvalue weighted by Gasteiger charge is -2.22. The van der Waals surface area contributed by atoms with Crippen molar-refractivity contribution in [3.05, 3.63) is 65.7 Å². The van der Waals surface area contributed by atoms with Crippen molar-refractivity contribution < 1.29 is 9.84 Å². The quantitative estimate of drug-likeness (QED) is 0.344. The molecule has 27 heavy (non-hydrogen) atoms. The van der Waals surface area contributed by atoms with E-state index in [0.29, 0.717) is 13.0 Å². The van der Waals surface area contributed by atoms with Gasteiger partial charge in [0.1, 0.15) is 5.75 Å². The molecule has 1 atom stereocenters. The summed E-state index contributed by atoms with van der Waals surface area (Å²) in [6.45, 7) is 3.91. The molecule has 2 N–H and O–H groups in total. The second-order valence-electron chi connectivity index (χ2n) is 6.24. The highest BCUT2D eigenvalue weighted by Crippen LogP contribution is 2.12. The van der Waals surface area contributed by atoms with Gasteiger partial charge in [-0.3, -0.25) is 4.99 Å². The molecule has 0 radical (unpaired) electrons. The number of hydrogen-bond acceptors (Lipinski definition) is 3. The Morgan fingerprint density at radius 2 is 1.78 bits per heavy atom. The third-order valence-electron chi connectivity index (χ3n) is 4.04. The maximum Gasteiger partial charge on any atom is 0.194 e. The number of nitrogens with one attached hydrogen (secondary N) is 1. The van der Waals surface area contributed by atoms with E-state index in [-0.39, 0.29) is 24.0 Å². The second-order valence-corrected chi connectivity index (χ2v) is 6.24. The summed E-state index contributed by atoms with van der Waals surface area (Å²) >= 11 is 0. The third-order valence-corrected chi connectivity index (χ3v) is 4.04. The first-order chi connectivity index (χ1) is 12.6. The molecule has 0 amide bonds. The Labute approximate surface area is 179 Å². The molecule has 0 spiro atoms. The van der Waals surface area contributed by atoms with E-state index in [1.807, 2.05) is 68.6 Å². The molecule has 0 heterocycles. The summed E-state index contributed by atoms with van der Waals surface area (Å²) in [7, 11) is 3.66. The first-order valence-electron chi connectivity index (χ1n) is 8.96. The molecular formula is C21H30IN3O2. The molecule has 0 aromatic heterocycles. The molecule has 0 aliphatic heterocycles. The summed E-state index contributed by atoms with van der Waals surface area (Å²) in [5.74, 6) is 1.64. The molecule has 2 rings (SSSR count). The number of aliphatic hydroxyl groups excluding tert-OH is 1. The number of guanidine groups is 1. The number of halogens is 1. The number of benzene rings is 2. The molecule has 0 fully saturated rings. The van der Waals surface area contributed by atoms with Gasteiger partial charge < -0.3 is 20.1 Å². The van der Waals surface area contributed by atoms with Crippen molar-refractivity contribution in [1.82, 2.24) is 10.2 Å². The summed E-state index contributed by atoms with van der Waals surface area (Å²) in [5, 5.41) is 13.6. The van der Waals surface area contributed by atoms with Gasteiger partial charge in [-0.1, -0.05) is 42.5 Å². The molecule has 0 saturated heterocycles. The number of rotatable bonds is 8. The summed E-state index contributed by atoms with van der Waals surface area (Å²) in [6, 6.07) is 18.0. The Bertz CT molecular complexity index is 678. The largest absolute Gasteiger partial charge is 0.497 e. The minimum atomic E-state index is -0.500. The van der Waals surface area contributed by atoms with Crippen LogP contribution in [0.2, 0.25) is 0 Å². The molecule has 5 nitrogen and oxygen atoms in total. The SMILES string of the molecule is CCNC(=NCC(O)Cc1ccccc1)N(C)Cc1ccc(OC)cc1.I. The number of aliphatic imine (C=N–C) groups is 1. The van der Waals surface area contributed by atoms with Gasteiger partial charge in [-0.25, -0.2) is 0 Å². The fraction of sp³-hybridized carbons (Fsp3) is 0.381. The van der Waals surface area contributed by atoms with Crippen molar-refractivity contribution in [2.75, 3.05) is 27.2 Å². The fourth-order valence-corrected chi connectivity index (χ4v) is 2.69. The number of ether oxygens (including phenoxy) is 1. The van der Waals surface area contributed by atoms with Crippen LogP contribution in [0.25, 0.3) is 0 Å². The van der Waals surface area contributed by atoms with E-state index in [9.17, 15) is 5.11 Å². The topological polar surface area (TPSA) is 57.1 Å². The molecular weight excluding hydrogens is 453 g/mol. The molecule has 0 bridgehead atoms. The Hall–Kier alpha value is -1.80. The monoisotopic (exact) mass is 483 g/mol. The minimum Gasteiger partial charge on any atom is -0.497 e. The minimum absolute atomic E-state index is 0. The van der Waals surface area contributed by atoms with Crippen LogP contribution in [0.15, 0.2) is 59.6 Å². The molecule has 0 aliphatic rings. The van der Waals surface area contributed by atoms with Gasteiger partial charge in [-0.2, -0.15) is 0 Å². The van der Waals surface area contributed by atoms with Gasteiger partial charge >= 0.3 is 0 Å². The first kappa shape index (κ1) is 23.2. The number of methoxy groups -OCH3 is 1. The van der Waals surface area contributed by atoms with E-state index >= 15 is 0 Å². The van der Waals surface area contributed by atoms with Crippen LogP contribution in [-0.2, 0) is 13.0 Å². The van der Waals surface area contributed by atoms with E-state index in [4.69, 9.17) is 4.74 Å². The van der Waals surface area contributed by atoms with Crippen LogP contribution in [0.3, 0.4) is 0 Å². The van der Waals surface area contributed by atoms with E-state index in [0.717, 1.165) is 30.4 Å². The summed E-state index contributed by atoms with van der Waals surface area (Å²) in [5.41, 5.74) is 2.29. The number of hydrogen-bond donors (Lipinski definition) is 2. The predicted molar refractivity (Wildman–Crippen MR) is 122 cm³/mol. The van der Waals surface area contributed by atoms with Gasteiger partial charge in [0, 0.05) is 26.6 Å². The highest BCUT2D eigenvalue weighted by atomic mass is 127. The Morgan fingerprint density at radius 3 is 2.37 bits per heavy atom. The zero-order valence-corrected chi connectivity index (χ0v) is 18.6. The summed E-state index contributed by atoms with van der Waals surface area (Å²) < 4.78 is 5.20. The zero-order valence-electron chi connectivity index (χ0n) is 16.3. The van der Waals surface area contributed by atoms with Crippen LogP contribution in [0.5, 0.6) is 5.75 Å². The van der Waals surface area contributed by atoms with Gasteiger partial charge in [0.15, 0.2) is 5.96 Å². The molecule has 0 aliphatic carbocycles. The molecule has 2 aromatic rings. The van der Waals surface area contributed by atoms with Gasteiger partial charge in [0.25, 0.3) is 0 Å². The third kappa shape index (κ3) is 8.17. The van der Waals surface area contributed by atoms with Crippen molar-refractivity contribution in [2.45, 2.75) is 26.0 Å². The van der Waals surface area contributed by atoms with E-state index < -0.39 is 6.10 Å². The lowest BCUT2D eigenvalue weighted by molar-refractivity contribution is 0.183. The Morgan fingerprint density at radius 1 is 1.11 bits per heavy atom. The lowest BCUT2D eigenvalue weighted by Crippen LogP contribution is -2.39. The summed E-state index contributed by atoms with van der Waals surface area (Å²) in [4.78, 5) is 6.65.